The van der Waals surface area contributed by atoms with Gasteiger partial charge in [-0.1, -0.05) is 62.4 Å². The smallest absolute Gasteiger partial charge is 0.270 e. The van der Waals surface area contributed by atoms with Crippen molar-refractivity contribution < 1.29 is 13.2 Å². The van der Waals surface area contributed by atoms with Gasteiger partial charge in [-0.15, -0.1) is 10.2 Å². The number of aromatic nitrogens is 2. The number of hydrogen-bond donors (Lipinski definition) is 2. The molecule has 142 valence electrons. The molecule has 1 heterocycles. The van der Waals surface area contributed by atoms with Crippen LogP contribution in [-0.2, 0) is 20.2 Å². The highest BCUT2D eigenvalue weighted by atomic mass is 32.2. The number of sulfonamides is 1. The van der Waals surface area contributed by atoms with Gasteiger partial charge in [-0.3, -0.25) is 4.79 Å². The Kier molecular flexibility index (Phi) is 6.48. The monoisotopic (exact) mass is 396 g/mol. The van der Waals surface area contributed by atoms with Crippen LogP contribution >= 0.6 is 11.3 Å². The molecule has 1 amide bonds. The van der Waals surface area contributed by atoms with Crippen molar-refractivity contribution in [3.8, 4) is 0 Å². The fourth-order valence-corrected chi connectivity index (χ4v) is 4.88. The highest BCUT2D eigenvalue weighted by Gasteiger charge is 2.28. The van der Waals surface area contributed by atoms with E-state index in [0.717, 1.165) is 16.9 Å². The molecule has 2 aromatic rings. The van der Waals surface area contributed by atoms with E-state index in [0.29, 0.717) is 6.42 Å². The number of carbonyl (C=O) groups is 1. The molecule has 0 fully saturated rings. The first kappa shape index (κ1) is 20.5. The summed E-state index contributed by atoms with van der Waals surface area (Å²) >= 11 is 0.835. The van der Waals surface area contributed by atoms with Crippen molar-refractivity contribution in [3.05, 3.63) is 35.9 Å². The second-order valence-corrected chi connectivity index (χ2v) is 9.62. The SMILES string of the molecule is CCC(=O)Nc1nnc(S(=O)(=O)N[C@H](C)CC(C)(C)c2ccccc2)s1. The summed E-state index contributed by atoms with van der Waals surface area (Å²) < 4.78 is 27.5. The average molecular weight is 397 g/mol. The van der Waals surface area contributed by atoms with Gasteiger partial charge in [0, 0.05) is 12.5 Å². The lowest BCUT2D eigenvalue weighted by Crippen LogP contribution is -2.37. The van der Waals surface area contributed by atoms with Gasteiger partial charge < -0.3 is 5.32 Å². The largest absolute Gasteiger partial charge is 0.301 e. The first-order valence-electron chi connectivity index (χ1n) is 8.35. The van der Waals surface area contributed by atoms with Crippen molar-refractivity contribution in [1.82, 2.24) is 14.9 Å². The van der Waals surface area contributed by atoms with E-state index in [1.807, 2.05) is 37.3 Å². The fourth-order valence-electron chi connectivity index (χ4n) is 2.71. The van der Waals surface area contributed by atoms with E-state index in [1.54, 1.807) is 6.92 Å². The maximum Gasteiger partial charge on any atom is 0.270 e. The molecule has 0 unspecified atom stereocenters. The molecule has 0 aliphatic carbocycles. The maximum atomic E-state index is 12.5. The molecule has 7 nitrogen and oxygen atoms in total. The Morgan fingerprint density at radius 3 is 2.50 bits per heavy atom. The van der Waals surface area contributed by atoms with Crippen molar-refractivity contribution >= 4 is 32.4 Å². The molecule has 0 spiro atoms. The molecule has 0 aliphatic rings. The highest BCUT2D eigenvalue weighted by Crippen LogP contribution is 2.29. The second-order valence-electron chi connectivity index (χ2n) is 6.75. The number of nitrogens with zero attached hydrogens (tertiary/aromatic N) is 2. The normalized spacial score (nSPS) is 13.4. The standard InChI is InChI=1S/C17H24N4O3S2/c1-5-14(22)18-15-19-20-16(25-15)26(23,24)21-12(2)11-17(3,4)13-9-7-6-8-10-13/h6-10,12,21H,5,11H2,1-4H3,(H,18,19,22)/t12-/m1/s1. The lowest BCUT2D eigenvalue weighted by molar-refractivity contribution is -0.115. The van der Waals surface area contributed by atoms with Crippen molar-refractivity contribution in [1.29, 1.82) is 0 Å². The van der Waals surface area contributed by atoms with Crippen LogP contribution in [0.15, 0.2) is 34.7 Å². The van der Waals surface area contributed by atoms with Gasteiger partial charge in [-0.05, 0) is 24.3 Å². The predicted octanol–water partition coefficient (Wildman–Crippen LogP) is 2.92. The van der Waals surface area contributed by atoms with E-state index in [2.05, 4.69) is 34.1 Å². The van der Waals surface area contributed by atoms with E-state index >= 15 is 0 Å². The molecule has 0 saturated carbocycles. The molecular formula is C17H24N4O3S2. The van der Waals surface area contributed by atoms with Crippen LogP contribution in [0.25, 0.3) is 0 Å². The summed E-state index contributed by atoms with van der Waals surface area (Å²) in [5.41, 5.74) is 0.955. The number of carbonyl (C=O) groups excluding carboxylic acids is 1. The van der Waals surface area contributed by atoms with Gasteiger partial charge in [0.25, 0.3) is 10.0 Å². The molecule has 0 radical (unpaired) electrons. The molecule has 1 aromatic heterocycles. The Bertz CT molecular complexity index is 848. The van der Waals surface area contributed by atoms with E-state index in [-0.39, 0.29) is 33.3 Å². The Morgan fingerprint density at radius 2 is 1.88 bits per heavy atom. The average Bonchev–Trinajstić information content (AvgIpc) is 3.04. The molecule has 1 atom stereocenters. The zero-order valence-corrected chi connectivity index (χ0v) is 16.9. The summed E-state index contributed by atoms with van der Waals surface area (Å²) in [6.45, 7) is 7.68. The van der Waals surface area contributed by atoms with Crippen LogP contribution in [0.2, 0.25) is 0 Å². The summed E-state index contributed by atoms with van der Waals surface area (Å²) in [6, 6.07) is 9.67. The molecule has 2 N–H and O–H groups in total. The third-order valence-corrected chi connectivity index (χ3v) is 6.73. The van der Waals surface area contributed by atoms with E-state index < -0.39 is 10.0 Å². The lowest BCUT2D eigenvalue weighted by Gasteiger charge is -2.28. The lowest BCUT2D eigenvalue weighted by atomic mass is 9.79. The fraction of sp³-hybridized carbons (Fsp3) is 0.471. The minimum atomic E-state index is -3.79. The Labute approximate surface area is 158 Å². The van der Waals surface area contributed by atoms with Crippen LogP contribution < -0.4 is 10.0 Å². The molecule has 0 saturated heterocycles. The molecule has 0 aliphatic heterocycles. The van der Waals surface area contributed by atoms with Crippen LogP contribution in [0.5, 0.6) is 0 Å². The van der Waals surface area contributed by atoms with E-state index in [4.69, 9.17) is 0 Å². The Hall–Kier alpha value is -1.84. The third kappa shape index (κ3) is 5.33. The summed E-state index contributed by atoms with van der Waals surface area (Å²) in [4.78, 5) is 11.4. The van der Waals surface area contributed by atoms with Crippen molar-refractivity contribution in [2.24, 2.45) is 0 Å². The summed E-state index contributed by atoms with van der Waals surface area (Å²) in [7, 11) is -3.79. The zero-order valence-electron chi connectivity index (χ0n) is 15.3. The maximum absolute atomic E-state index is 12.5. The minimum Gasteiger partial charge on any atom is -0.301 e. The van der Waals surface area contributed by atoms with Gasteiger partial charge in [0.15, 0.2) is 0 Å². The molecule has 0 bridgehead atoms. The summed E-state index contributed by atoms with van der Waals surface area (Å²) in [5.74, 6) is -0.240. The molecule has 26 heavy (non-hydrogen) atoms. The Morgan fingerprint density at radius 1 is 1.23 bits per heavy atom. The third-order valence-electron chi connectivity index (χ3n) is 3.93. The molecular weight excluding hydrogens is 372 g/mol. The van der Waals surface area contributed by atoms with Crippen molar-refractivity contribution in [3.63, 3.8) is 0 Å². The number of rotatable bonds is 8. The number of amides is 1. The predicted molar refractivity (Wildman–Crippen MR) is 103 cm³/mol. The van der Waals surface area contributed by atoms with E-state index in [1.165, 1.54) is 0 Å². The van der Waals surface area contributed by atoms with Crippen molar-refractivity contribution in [2.75, 3.05) is 5.32 Å². The number of hydrogen-bond acceptors (Lipinski definition) is 6. The van der Waals surface area contributed by atoms with E-state index in [9.17, 15) is 13.2 Å². The van der Waals surface area contributed by atoms with Crippen LogP contribution in [-0.4, -0.2) is 30.6 Å². The molecule has 2 rings (SSSR count). The van der Waals surface area contributed by atoms with Gasteiger partial charge in [0.05, 0.1) is 0 Å². The van der Waals surface area contributed by atoms with Gasteiger partial charge in [0.2, 0.25) is 15.4 Å². The van der Waals surface area contributed by atoms with Gasteiger partial charge in [-0.2, -0.15) is 0 Å². The molecule has 9 heteroatoms. The summed E-state index contributed by atoms with van der Waals surface area (Å²) in [6.07, 6.45) is 0.903. The van der Waals surface area contributed by atoms with Crippen LogP contribution in [0.1, 0.15) is 46.1 Å². The van der Waals surface area contributed by atoms with Crippen LogP contribution in [0.4, 0.5) is 5.13 Å². The van der Waals surface area contributed by atoms with Gasteiger partial charge in [0.1, 0.15) is 0 Å². The summed E-state index contributed by atoms with van der Waals surface area (Å²) in [5, 5.41) is 10.1. The first-order chi connectivity index (χ1) is 12.1. The minimum absolute atomic E-state index is 0.159. The van der Waals surface area contributed by atoms with Crippen LogP contribution in [0.3, 0.4) is 0 Å². The topological polar surface area (TPSA) is 101 Å². The number of nitrogens with one attached hydrogen (secondary N) is 2. The quantitative estimate of drug-likeness (QED) is 0.668. The van der Waals surface area contributed by atoms with Gasteiger partial charge in [-0.25, -0.2) is 13.1 Å². The number of benzene rings is 1. The highest BCUT2D eigenvalue weighted by molar-refractivity contribution is 7.91. The first-order valence-corrected chi connectivity index (χ1v) is 10.6. The second kappa shape index (κ2) is 8.24. The molecule has 1 aromatic carbocycles. The van der Waals surface area contributed by atoms with Crippen LogP contribution in [0, 0.1) is 0 Å². The van der Waals surface area contributed by atoms with Gasteiger partial charge >= 0.3 is 0 Å². The number of anilines is 1. The van der Waals surface area contributed by atoms with Crippen molar-refractivity contribution in [2.45, 2.75) is 56.3 Å². The Balaban J connectivity index is 2.05. The zero-order chi connectivity index (χ0) is 19.4.